The SMILES string of the molecule is O=C=N[Si](CC[Si](N=C=O)(N=C=O)N=C=O)(N=C=O)N=C=O. The molecule has 0 spiro atoms. The van der Waals surface area contributed by atoms with Crippen LogP contribution in [0, 0.1) is 0 Å². The summed E-state index contributed by atoms with van der Waals surface area (Å²) >= 11 is 0. The van der Waals surface area contributed by atoms with E-state index in [9.17, 15) is 28.8 Å². The number of nitrogens with zero attached hydrogens (tertiary/aromatic N) is 6. The minimum atomic E-state index is -3.92. The summed E-state index contributed by atoms with van der Waals surface area (Å²) in [6.45, 7) is 0. The molecule has 0 unspecified atom stereocenters. The maximum absolute atomic E-state index is 10.4. The van der Waals surface area contributed by atoms with E-state index >= 15 is 0 Å². The fourth-order valence-corrected chi connectivity index (χ4v) is 5.79. The van der Waals surface area contributed by atoms with Gasteiger partial charge in [-0.1, -0.05) is 0 Å². The van der Waals surface area contributed by atoms with Gasteiger partial charge >= 0.3 is 17.1 Å². The Balaban J connectivity index is 5.91. The molecule has 0 aromatic heterocycles. The first kappa shape index (κ1) is 18.7. The lowest BCUT2D eigenvalue weighted by Crippen LogP contribution is -2.35. The summed E-state index contributed by atoms with van der Waals surface area (Å²) in [5.74, 6) is 0. The molecule has 12 nitrogen and oxygen atoms in total. The number of isocyanates is 6. The predicted molar refractivity (Wildman–Crippen MR) is 69.9 cm³/mol. The van der Waals surface area contributed by atoms with E-state index in [2.05, 4.69) is 27.9 Å². The van der Waals surface area contributed by atoms with Gasteiger partial charge in [0, 0.05) is 12.1 Å². The molecule has 0 amide bonds. The van der Waals surface area contributed by atoms with Crippen molar-refractivity contribution in [3.8, 4) is 0 Å². The molecule has 0 fully saturated rings. The minimum Gasteiger partial charge on any atom is -0.212 e. The van der Waals surface area contributed by atoms with Gasteiger partial charge in [-0.2, -0.15) is 27.9 Å². The van der Waals surface area contributed by atoms with Crippen LogP contribution in [0.2, 0.25) is 12.1 Å². The largest absolute Gasteiger partial charge is 0.467 e. The molecule has 0 aromatic carbocycles. The average molecular weight is 336 g/mol. The monoisotopic (exact) mass is 336 g/mol. The topological polar surface area (TPSA) is 177 Å². The Labute approximate surface area is 123 Å². The number of hydrogen-bond donors (Lipinski definition) is 0. The molecule has 0 atom stereocenters. The molecule has 0 saturated carbocycles. The molecule has 0 aromatic rings. The summed E-state index contributed by atoms with van der Waals surface area (Å²) in [7, 11) is -7.85. The van der Waals surface area contributed by atoms with E-state index < -0.39 is 29.2 Å². The van der Waals surface area contributed by atoms with Gasteiger partial charge in [0.15, 0.2) is 0 Å². The fourth-order valence-electron chi connectivity index (χ4n) is 1.26. The Bertz CT molecular complexity index is 562. The van der Waals surface area contributed by atoms with E-state index in [0.29, 0.717) is 0 Å². The van der Waals surface area contributed by atoms with E-state index in [1.54, 1.807) is 0 Å². The standard InChI is InChI=1S/C8H4N6O6Si2/c15-3-9-21(10-4-16,11-5-17)1-2-22(12-6-18,13-7-19)14-8-20/h1-2H2. The molecule has 0 radical (unpaired) electrons. The molecular weight excluding hydrogens is 332 g/mol. The van der Waals surface area contributed by atoms with Crippen molar-refractivity contribution in [3.05, 3.63) is 0 Å². The van der Waals surface area contributed by atoms with Crippen molar-refractivity contribution in [1.82, 2.24) is 0 Å². The van der Waals surface area contributed by atoms with Crippen LogP contribution in [-0.2, 0) is 28.8 Å². The molecule has 0 rings (SSSR count). The lowest BCUT2D eigenvalue weighted by atomic mass is 10.9. The third kappa shape index (κ3) is 5.37. The summed E-state index contributed by atoms with van der Waals surface area (Å²) in [5, 5.41) is 0. The fraction of sp³-hybridized carbons (Fsp3) is 0.250. The van der Waals surface area contributed by atoms with Crippen LogP contribution in [0.25, 0.3) is 0 Å². The lowest BCUT2D eigenvalue weighted by Gasteiger charge is -2.15. The van der Waals surface area contributed by atoms with Gasteiger partial charge in [-0.3, -0.25) is 0 Å². The first-order valence-electron chi connectivity index (χ1n) is 5.12. The number of hydrogen-bond acceptors (Lipinski definition) is 12. The molecule has 0 saturated heterocycles. The molecule has 0 aliphatic carbocycles. The number of carbonyl (C=O) groups excluding carboxylic acids is 6. The van der Waals surface area contributed by atoms with Gasteiger partial charge in [-0.05, 0) is 0 Å². The minimum absolute atomic E-state index is 0.416. The van der Waals surface area contributed by atoms with Crippen molar-refractivity contribution < 1.29 is 28.8 Å². The first-order valence-corrected chi connectivity index (χ1v) is 9.21. The third-order valence-electron chi connectivity index (χ3n) is 2.14. The van der Waals surface area contributed by atoms with Crippen molar-refractivity contribution in [2.45, 2.75) is 12.1 Å². The second-order valence-corrected chi connectivity index (χ2v) is 8.71. The van der Waals surface area contributed by atoms with Crippen molar-refractivity contribution in [3.63, 3.8) is 0 Å². The second-order valence-electron chi connectivity index (χ2n) is 3.27. The quantitative estimate of drug-likeness (QED) is 0.292. The molecule has 22 heavy (non-hydrogen) atoms. The van der Waals surface area contributed by atoms with E-state index in [1.165, 1.54) is 0 Å². The Morgan fingerprint density at radius 2 is 0.636 bits per heavy atom. The van der Waals surface area contributed by atoms with Crippen LogP contribution in [0.5, 0.6) is 0 Å². The Morgan fingerprint density at radius 3 is 0.773 bits per heavy atom. The second kappa shape index (κ2) is 9.59. The Hall–Kier alpha value is -3.29. The lowest BCUT2D eigenvalue weighted by molar-refractivity contribution is 0.561. The van der Waals surface area contributed by atoms with Gasteiger partial charge < -0.3 is 0 Å². The van der Waals surface area contributed by atoms with Gasteiger partial charge in [0.05, 0.1) is 0 Å². The highest BCUT2D eigenvalue weighted by atomic mass is 28.4. The molecule has 0 bridgehead atoms. The number of rotatable bonds is 9. The van der Waals surface area contributed by atoms with Crippen molar-refractivity contribution in [2.75, 3.05) is 0 Å². The van der Waals surface area contributed by atoms with Crippen molar-refractivity contribution in [1.29, 1.82) is 0 Å². The van der Waals surface area contributed by atoms with Gasteiger partial charge in [0.25, 0.3) is 0 Å². The Kier molecular flexibility index (Phi) is 8.16. The van der Waals surface area contributed by atoms with E-state index in [1.807, 2.05) is 0 Å². The van der Waals surface area contributed by atoms with Gasteiger partial charge in [-0.25, -0.2) is 28.8 Å². The summed E-state index contributed by atoms with van der Waals surface area (Å²) in [4.78, 5) is 62.3. The third-order valence-corrected chi connectivity index (χ3v) is 7.18. The summed E-state index contributed by atoms with van der Waals surface area (Å²) in [5.41, 5.74) is 0. The highest BCUT2D eigenvalue weighted by Crippen LogP contribution is 2.24. The Morgan fingerprint density at radius 1 is 0.455 bits per heavy atom. The zero-order chi connectivity index (χ0) is 16.9. The molecule has 110 valence electrons. The summed E-state index contributed by atoms with van der Waals surface area (Å²) in [6, 6.07) is -0.832. The highest BCUT2D eigenvalue weighted by molar-refractivity contribution is 6.81. The van der Waals surface area contributed by atoms with E-state index in [0.717, 1.165) is 36.5 Å². The molecule has 0 aliphatic heterocycles. The zero-order valence-electron chi connectivity index (χ0n) is 10.5. The van der Waals surface area contributed by atoms with Crippen molar-refractivity contribution in [2.24, 2.45) is 27.9 Å². The van der Waals surface area contributed by atoms with Gasteiger partial charge in [0.2, 0.25) is 36.5 Å². The van der Waals surface area contributed by atoms with Crippen LogP contribution < -0.4 is 0 Å². The maximum atomic E-state index is 10.4. The van der Waals surface area contributed by atoms with Crippen molar-refractivity contribution >= 4 is 53.6 Å². The molecule has 0 aliphatic rings. The van der Waals surface area contributed by atoms with Crippen LogP contribution in [0.4, 0.5) is 0 Å². The van der Waals surface area contributed by atoms with Gasteiger partial charge in [-0.15, -0.1) is 0 Å². The van der Waals surface area contributed by atoms with Crippen LogP contribution >= 0.6 is 0 Å². The molecule has 14 heteroatoms. The van der Waals surface area contributed by atoms with E-state index in [-0.39, 0.29) is 0 Å². The van der Waals surface area contributed by atoms with E-state index in [4.69, 9.17) is 0 Å². The van der Waals surface area contributed by atoms with Crippen LogP contribution in [0.15, 0.2) is 27.9 Å². The molecule has 0 N–H and O–H groups in total. The first-order chi connectivity index (χ1) is 10.6. The smallest absolute Gasteiger partial charge is 0.212 e. The normalized spacial score (nSPS) is 13.6. The zero-order valence-corrected chi connectivity index (χ0v) is 12.5. The van der Waals surface area contributed by atoms with Gasteiger partial charge in [0.1, 0.15) is 0 Å². The summed E-state index contributed by atoms with van der Waals surface area (Å²) in [6.07, 6.45) is 6.56. The summed E-state index contributed by atoms with van der Waals surface area (Å²) < 4.78 is 19.2. The highest BCUT2D eigenvalue weighted by Gasteiger charge is 2.44. The van der Waals surface area contributed by atoms with Crippen LogP contribution in [0.1, 0.15) is 0 Å². The van der Waals surface area contributed by atoms with Crippen LogP contribution in [0.3, 0.4) is 0 Å². The molecular formula is C8H4N6O6Si2. The maximum Gasteiger partial charge on any atom is 0.467 e. The van der Waals surface area contributed by atoms with Crippen LogP contribution in [-0.4, -0.2) is 53.6 Å². The predicted octanol–water partition coefficient (Wildman–Crippen LogP) is -1.12. The molecule has 0 heterocycles. The average Bonchev–Trinajstić information content (AvgIpc) is 2.47.